The molecule has 0 spiro atoms. The maximum absolute atomic E-state index is 12.8. The highest BCUT2D eigenvalue weighted by atomic mass is 35.5. The Morgan fingerprint density at radius 3 is 2.63 bits per heavy atom. The van der Waals surface area contributed by atoms with Crippen LogP contribution in [0.3, 0.4) is 0 Å². The molecule has 1 aliphatic rings. The number of halogens is 1. The Labute approximate surface area is 245 Å². The van der Waals surface area contributed by atoms with Crippen molar-refractivity contribution in [3.05, 3.63) is 33.5 Å². The number of anilines is 1. The van der Waals surface area contributed by atoms with Crippen LogP contribution in [0.15, 0.2) is 18.5 Å². The van der Waals surface area contributed by atoms with E-state index in [-0.39, 0.29) is 30.8 Å². The molecule has 1 fully saturated rings. The SMILES string of the molecule is CCNc1nc(C#Cc2ccc(Cl)s2)nc2c1ncn2C(C1C[C@]1(C)C(=O)NC)[C@@H](COC(=O)CN)OC(=O)CN. The lowest BCUT2D eigenvalue weighted by molar-refractivity contribution is -0.160. The molecule has 0 aromatic carbocycles. The third-order valence-corrected chi connectivity index (χ3v) is 7.97. The van der Waals surface area contributed by atoms with Gasteiger partial charge < -0.3 is 36.1 Å². The number of hydrogen-bond donors (Lipinski definition) is 4. The quantitative estimate of drug-likeness (QED) is 0.181. The Morgan fingerprint density at radius 1 is 1.24 bits per heavy atom. The first kappa shape index (κ1) is 30.2. The number of fused-ring (bicyclic) bond motifs is 1. The van der Waals surface area contributed by atoms with Crippen molar-refractivity contribution in [1.29, 1.82) is 0 Å². The fraction of sp³-hybridized carbons (Fsp3) is 0.462. The molecule has 0 aliphatic heterocycles. The summed E-state index contributed by atoms with van der Waals surface area (Å²) >= 11 is 7.37. The number of ether oxygens (including phenoxy) is 2. The Hall–Kier alpha value is -3.77. The molecule has 1 saturated carbocycles. The molecule has 1 aliphatic carbocycles. The van der Waals surface area contributed by atoms with E-state index in [1.165, 1.54) is 17.7 Å². The first-order chi connectivity index (χ1) is 19.6. The van der Waals surface area contributed by atoms with Gasteiger partial charge in [0.05, 0.1) is 40.1 Å². The van der Waals surface area contributed by atoms with Crippen LogP contribution in [-0.4, -0.2) is 76.8 Å². The van der Waals surface area contributed by atoms with Gasteiger partial charge in [0.25, 0.3) is 0 Å². The van der Waals surface area contributed by atoms with E-state index in [0.717, 1.165) is 4.88 Å². The van der Waals surface area contributed by atoms with Crippen LogP contribution in [0.25, 0.3) is 11.2 Å². The minimum absolute atomic E-state index is 0.177. The second-order valence-corrected chi connectivity index (χ2v) is 11.2. The van der Waals surface area contributed by atoms with Gasteiger partial charge in [-0.15, -0.1) is 11.3 Å². The number of carbonyl (C=O) groups is 3. The maximum Gasteiger partial charge on any atom is 0.320 e. The normalized spacial score (nSPS) is 19.0. The van der Waals surface area contributed by atoms with Crippen molar-refractivity contribution in [1.82, 2.24) is 24.8 Å². The average Bonchev–Trinajstić information content (AvgIpc) is 3.25. The number of nitrogens with two attached hydrogens (primary N) is 2. The predicted octanol–water partition coefficient (Wildman–Crippen LogP) is 1.06. The number of hydrogen-bond acceptors (Lipinski definition) is 12. The van der Waals surface area contributed by atoms with Crippen LogP contribution in [0, 0.1) is 23.2 Å². The topological polar surface area (TPSA) is 189 Å². The van der Waals surface area contributed by atoms with E-state index in [4.69, 9.17) is 37.5 Å². The van der Waals surface area contributed by atoms with Crippen LogP contribution in [0.4, 0.5) is 5.82 Å². The van der Waals surface area contributed by atoms with E-state index >= 15 is 0 Å². The lowest BCUT2D eigenvalue weighted by Crippen LogP contribution is -2.39. The first-order valence-electron chi connectivity index (χ1n) is 12.9. The number of rotatable bonds is 11. The van der Waals surface area contributed by atoms with Gasteiger partial charge in [0.2, 0.25) is 11.7 Å². The summed E-state index contributed by atoms with van der Waals surface area (Å²) in [5.41, 5.74) is 11.0. The van der Waals surface area contributed by atoms with Crippen LogP contribution in [0.1, 0.15) is 37.0 Å². The third kappa shape index (κ3) is 6.59. The van der Waals surface area contributed by atoms with Gasteiger partial charge in [-0.1, -0.05) is 18.5 Å². The molecular weight excluding hydrogens is 572 g/mol. The summed E-state index contributed by atoms with van der Waals surface area (Å²) < 4.78 is 13.3. The molecule has 3 aromatic heterocycles. The molecule has 41 heavy (non-hydrogen) atoms. The second-order valence-electron chi connectivity index (χ2n) is 9.52. The molecule has 1 amide bonds. The lowest BCUT2D eigenvalue weighted by atomic mass is 9.96. The molecule has 2 unspecified atom stereocenters. The van der Waals surface area contributed by atoms with Gasteiger partial charge in [-0.3, -0.25) is 14.4 Å². The minimum Gasteiger partial charge on any atom is -0.461 e. The average molecular weight is 603 g/mol. The van der Waals surface area contributed by atoms with Crippen molar-refractivity contribution in [3.8, 4) is 11.8 Å². The molecule has 4 rings (SSSR count). The van der Waals surface area contributed by atoms with Gasteiger partial charge in [-0.2, -0.15) is 0 Å². The molecule has 6 N–H and O–H groups in total. The Morgan fingerprint density at radius 2 is 2.00 bits per heavy atom. The number of aromatic nitrogens is 4. The van der Waals surface area contributed by atoms with Gasteiger partial charge >= 0.3 is 11.9 Å². The van der Waals surface area contributed by atoms with Crippen LogP contribution in [-0.2, 0) is 23.9 Å². The molecule has 4 atom stereocenters. The molecule has 0 saturated heterocycles. The molecular formula is C26H31ClN8O5S. The van der Waals surface area contributed by atoms with E-state index < -0.39 is 36.0 Å². The number of esters is 2. The summed E-state index contributed by atoms with van der Waals surface area (Å²) in [6.07, 6.45) is 0.975. The first-order valence-corrected chi connectivity index (χ1v) is 14.1. The van der Waals surface area contributed by atoms with Crippen LogP contribution in [0.2, 0.25) is 4.34 Å². The smallest absolute Gasteiger partial charge is 0.320 e. The standard InChI is InChI=1S/C26H31ClN8O5S/c1-4-31-23-21-24(34-18(33-23)8-6-14-5-7-17(27)41-14)35(13-32-21)22(15-9-26(15,2)25(38)30-3)16(40-20(37)11-29)12-39-19(36)10-28/h5,7,13,15-16,22H,4,9-12,28-29H2,1-3H3,(H,30,38)(H,31,33,34)/t15?,16-,22?,26+/m1/s1. The molecule has 0 bridgehead atoms. The Balaban J connectivity index is 1.86. The largest absolute Gasteiger partial charge is 0.461 e. The fourth-order valence-electron chi connectivity index (χ4n) is 4.71. The minimum atomic E-state index is -1.03. The van der Waals surface area contributed by atoms with Crippen molar-refractivity contribution >= 4 is 57.8 Å². The van der Waals surface area contributed by atoms with Crippen LogP contribution in [0.5, 0.6) is 0 Å². The van der Waals surface area contributed by atoms with Gasteiger partial charge in [0.1, 0.15) is 6.61 Å². The van der Waals surface area contributed by atoms with Crippen molar-refractivity contribution in [2.45, 2.75) is 32.4 Å². The van der Waals surface area contributed by atoms with Gasteiger partial charge in [-0.25, -0.2) is 15.0 Å². The summed E-state index contributed by atoms with van der Waals surface area (Å²) in [7, 11) is 1.56. The number of nitrogens with zero attached hydrogens (tertiary/aromatic N) is 4. The van der Waals surface area contributed by atoms with E-state index in [1.54, 1.807) is 23.7 Å². The van der Waals surface area contributed by atoms with Gasteiger partial charge in [0.15, 0.2) is 23.1 Å². The molecule has 3 heterocycles. The highest BCUT2D eigenvalue weighted by Crippen LogP contribution is 2.59. The van der Waals surface area contributed by atoms with Crippen molar-refractivity contribution in [3.63, 3.8) is 0 Å². The van der Waals surface area contributed by atoms with E-state index in [1.807, 2.05) is 13.8 Å². The summed E-state index contributed by atoms with van der Waals surface area (Å²) in [5.74, 6) is 4.76. The van der Waals surface area contributed by atoms with Crippen LogP contribution < -0.4 is 22.1 Å². The number of thiophene rings is 1. The number of amides is 1. The molecule has 3 aromatic rings. The monoisotopic (exact) mass is 602 g/mol. The second kappa shape index (κ2) is 12.8. The fourth-order valence-corrected chi connectivity index (χ4v) is 5.60. The van der Waals surface area contributed by atoms with Crippen molar-refractivity contribution in [2.24, 2.45) is 22.8 Å². The zero-order valence-electron chi connectivity index (χ0n) is 22.8. The Bertz CT molecular complexity index is 1510. The highest BCUT2D eigenvalue weighted by Gasteiger charge is 2.61. The summed E-state index contributed by atoms with van der Waals surface area (Å²) in [5, 5.41) is 5.89. The van der Waals surface area contributed by atoms with E-state index in [0.29, 0.717) is 34.3 Å². The third-order valence-electron chi connectivity index (χ3n) is 6.82. The summed E-state index contributed by atoms with van der Waals surface area (Å²) in [4.78, 5) is 51.7. The van der Waals surface area contributed by atoms with Crippen molar-refractivity contribution < 1.29 is 23.9 Å². The molecule has 15 heteroatoms. The summed E-state index contributed by atoms with van der Waals surface area (Å²) in [6, 6.07) is 2.84. The lowest BCUT2D eigenvalue weighted by Gasteiger charge is -2.29. The number of nitrogens with one attached hydrogen (secondary N) is 2. The Kier molecular flexibility index (Phi) is 9.44. The summed E-state index contributed by atoms with van der Waals surface area (Å²) in [6.45, 7) is 3.22. The predicted molar refractivity (Wildman–Crippen MR) is 153 cm³/mol. The van der Waals surface area contributed by atoms with Crippen LogP contribution >= 0.6 is 22.9 Å². The van der Waals surface area contributed by atoms with E-state index in [2.05, 4.69) is 32.4 Å². The molecule has 13 nitrogen and oxygen atoms in total. The molecule has 218 valence electrons. The molecule has 0 radical (unpaired) electrons. The maximum atomic E-state index is 12.8. The zero-order chi connectivity index (χ0) is 29.7. The zero-order valence-corrected chi connectivity index (χ0v) is 24.3. The van der Waals surface area contributed by atoms with Gasteiger partial charge in [-0.05, 0) is 43.2 Å². The van der Waals surface area contributed by atoms with Gasteiger partial charge in [0, 0.05) is 13.6 Å². The highest BCUT2D eigenvalue weighted by molar-refractivity contribution is 7.16. The number of carbonyl (C=O) groups excluding carboxylic acids is 3. The van der Waals surface area contributed by atoms with Crippen molar-refractivity contribution in [2.75, 3.05) is 38.6 Å². The van der Waals surface area contributed by atoms with E-state index in [9.17, 15) is 14.4 Å². The number of imidazole rings is 1.